The Bertz CT molecular complexity index is 959. The molecule has 10 heteroatoms. The van der Waals surface area contributed by atoms with Crippen LogP contribution in [-0.2, 0) is 4.43 Å². The van der Waals surface area contributed by atoms with Crippen LogP contribution in [-0.4, -0.2) is 44.4 Å². The lowest BCUT2D eigenvalue weighted by Gasteiger charge is -2.38. The standard InChI is InChI=1S/C23H31ClF3NO3SSi/c1-8-9-12-28-15(2)21(22(3,23(25,26)27)31-33(5,6)7)32-20(28)14-18(29)17-13-16(24)10-11-19(17)30-4/h10-11,13-14H,8-9,12H2,1-7H3. The van der Waals surface area contributed by atoms with E-state index in [1.807, 2.05) is 6.92 Å². The van der Waals surface area contributed by atoms with E-state index in [-0.39, 0.29) is 10.5 Å². The van der Waals surface area contributed by atoms with Gasteiger partial charge in [-0.3, -0.25) is 4.79 Å². The van der Waals surface area contributed by atoms with Crippen molar-refractivity contribution in [2.45, 2.75) is 65.0 Å². The molecule has 0 bridgehead atoms. The molecule has 0 saturated heterocycles. The molecule has 0 saturated carbocycles. The summed E-state index contributed by atoms with van der Waals surface area (Å²) in [5.41, 5.74) is -1.77. The minimum atomic E-state index is -4.62. The fourth-order valence-corrected chi connectivity index (χ4v) is 6.59. The summed E-state index contributed by atoms with van der Waals surface area (Å²) in [6, 6.07) is 4.68. The molecular weight excluding hydrogens is 491 g/mol. The van der Waals surface area contributed by atoms with Gasteiger partial charge in [-0.25, -0.2) is 0 Å². The maximum absolute atomic E-state index is 14.4. The minimum absolute atomic E-state index is 0.0608. The molecule has 0 spiro atoms. The van der Waals surface area contributed by atoms with E-state index in [1.54, 1.807) is 43.6 Å². The van der Waals surface area contributed by atoms with E-state index in [4.69, 9.17) is 20.8 Å². The summed E-state index contributed by atoms with van der Waals surface area (Å²) in [7, 11) is -1.13. The first-order valence-electron chi connectivity index (χ1n) is 10.7. The Hall–Kier alpha value is -1.42. The number of unbranched alkanes of at least 4 members (excludes halogenated alkanes) is 1. The second kappa shape index (κ2) is 10.5. The van der Waals surface area contributed by atoms with E-state index in [2.05, 4.69) is 0 Å². The number of alkyl halides is 3. The molecule has 1 aliphatic heterocycles. The van der Waals surface area contributed by atoms with Gasteiger partial charge in [-0.2, -0.15) is 13.2 Å². The van der Waals surface area contributed by atoms with Crippen molar-refractivity contribution in [1.29, 1.82) is 0 Å². The quantitative estimate of drug-likeness (QED) is 0.190. The SMILES string of the molecule is CCCCN1C(=CC(=O)c2cc(Cl)ccc2OC)SC(C(C)(O[Si](C)(C)C)C(F)(F)F)=C1C. The lowest BCUT2D eigenvalue weighted by atomic mass is 10.0. The van der Waals surface area contributed by atoms with Gasteiger partial charge in [0.15, 0.2) is 19.7 Å². The molecule has 0 amide bonds. The average Bonchev–Trinajstić information content (AvgIpc) is 2.99. The number of halogens is 4. The Morgan fingerprint density at radius 3 is 2.42 bits per heavy atom. The fourth-order valence-electron chi connectivity index (χ4n) is 3.57. The predicted octanol–water partition coefficient (Wildman–Crippen LogP) is 7.63. The summed E-state index contributed by atoms with van der Waals surface area (Å²) < 4.78 is 54.1. The topological polar surface area (TPSA) is 38.8 Å². The van der Waals surface area contributed by atoms with Crippen LogP contribution >= 0.6 is 23.4 Å². The molecule has 4 nitrogen and oxygen atoms in total. The number of benzene rings is 1. The van der Waals surface area contributed by atoms with Gasteiger partial charge in [-0.05, 0) is 58.1 Å². The number of nitrogens with zero attached hydrogens (tertiary/aromatic N) is 1. The highest BCUT2D eigenvalue weighted by Crippen LogP contribution is 2.53. The number of ether oxygens (including phenoxy) is 1. The monoisotopic (exact) mass is 521 g/mol. The van der Waals surface area contributed by atoms with Crippen molar-refractivity contribution in [3.63, 3.8) is 0 Å². The summed E-state index contributed by atoms with van der Waals surface area (Å²) in [6.45, 7) is 10.4. The highest BCUT2D eigenvalue weighted by molar-refractivity contribution is 8.07. The summed E-state index contributed by atoms with van der Waals surface area (Å²) in [6.07, 6.45) is -1.65. The normalized spacial score (nSPS) is 18.2. The third-order valence-electron chi connectivity index (χ3n) is 5.11. The second-order valence-electron chi connectivity index (χ2n) is 8.96. The summed E-state index contributed by atoms with van der Waals surface area (Å²) >= 11 is 7.00. The third kappa shape index (κ3) is 6.38. The number of thioether (sulfide) groups is 1. The Labute approximate surface area is 204 Å². The number of ketones is 1. The molecular formula is C23H31ClF3NO3SSi. The molecule has 2 rings (SSSR count). The molecule has 1 unspecified atom stereocenters. The Kier molecular flexibility index (Phi) is 8.81. The first kappa shape index (κ1) is 27.8. The molecule has 0 aromatic heterocycles. The molecule has 1 heterocycles. The van der Waals surface area contributed by atoms with Crippen LogP contribution in [0.2, 0.25) is 24.7 Å². The molecule has 0 radical (unpaired) electrons. The number of methoxy groups -OCH3 is 1. The van der Waals surface area contributed by atoms with Gasteiger partial charge in [0.2, 0.25) is 0 Å². The van der Waals surface area contributed by atoms with Crippen molar-refractivity contribution in [1.82, 2.24) is 4.90 Å². The number of allylic oxidation sites excluding steroid dienone is 2. The summed E-state index contributed by atoms with van der Waals surface area (Å²) in [4.78, 5) is 15.0. The van der Waals surface area contributed by atoms with E-state index in [0.717, 1.165) is 31.5 Å². The van der Waals surface area contributed by atoms with Crippen molar-refractivity contribution < 1.29 is 27.1 Å². The first-order valence-corrected chi connectivity index (χ1v) is 15.3. The van der Waals surface area contributed by atoms with Crippen LogP contribution in [0.5, 0.6) is 5.75 Å². The molecule has 1 aromatic carbocycles. The van der Waals surface area contributed by atoms with Crippen molar-refractivity contribution in [3.8, 4) is 5.75 Å². The Morgan fingerprint density at radius 2 is 1.91 bits per heavy atom. The van der Waals surface area contributed by atoms with Gasteiger partial charge in [0.1, 0.15) is 5.75 Å². The summed E-state index contributed by atoms with van der Waals surface area (Å²) in [5, 5.41) is 0.792. The van der Waals surface area contributed by atoms with Crippen LogP contribution < -0.4 is 4.74 Å². The van der Waals surface area contributed by atoms with Crippen LogP contribution in [0.15, 0.2) is 39.9 Å². The van der Waals surface area contributed by atoms with Crippen LogP contribution in [0.3, 0.4) is 0 Å². The predicted molar refractivity (Wildman–Crippen MR) is 131 cm³/mol. The minimum Gasteiger partial charge on any atom is -0.496 e. The molecule has 0 fully saturated rings. The van der Waals surface area contributed by atoms with E-state index in [1.165, 1.54) is 19.3 Å². The van der Waals surface area contributed by atoms with Gasteiger partial charge < -0.3 is 14.1 Å². The lowest BCUT2D eigenvalue weighted by Crippen LogP contribution is -2.51. The molecule has 0 N–H and O–H groups in total. The van der Waals surface area contributed by atoms with Gasteiger partial charge in [0, 0.05) is 23.3 Å². The maximum Gasteiger partial charge on any atom is 0.420 e. The van der Waals surface area contributed by atoms with Gasteiger partial charge in [-0.15, -0.1) is 0 Å². The summed E-state index contributed by atoms with van der Waals surface area (Å²) in [5.74, 6) is -0.0521. The molecule has 1 aliphatic rings. The molecule has 1 atom stereocenters. The lowest BCUT2D eigenvalue weighted by molar-refractivity contribution is -0.227. The third-order valence-corrected chi connectivity index (χ3v) is 7.80. The van der Waals surface area contributed by atoms with Crippen LogP contribution in [0.25, 0.3) is 0 Å². The first-order chi connectivity index (χ1) is 15.1. The van der Waals surface area contributed by atoms with Crippen LogP contribution in [0.4, 0.5) is 13.2 Å². The molecule has 33 heavy (non-hydrogen) atoms. The van der Waals surface area contributed by atoms with Gasteiger partial charge in [0.25, 0.3) is 0 Å². The average molecular weight is 522 g/mol. The van der Waals surface area contributed by atoms with Crippen molar-refractivity contribution in [2.24, 2.45) is 0 Å². The second-order valence-corrected chi connectivity index (χ2v) is 14.9. The van der Waals surface area contributed by atoms with E-state index in [0.29, 0.717) is 28.0 Å². The number of hydrogen-bond donors (Lipinski definition) is 0. The van der Waals surface area contributed by atoms with E-state index < -0.39 is 25.9 Å². The zero-order chi connectivity index (χ0) is 25.2. The van der Waals surface area contributed by atoms with Gasteiger partial charge in [0.05, 0.1) is 22.6 Å². The van der Waals surface area contributed by atoms with Crippen molar-refractivity contribution in [3.05, 3.63) is 50.5 Å². The zero-order valence-corrected chi connectivity index (χ0v) is 22.6. The van der Waals surface area contributed by atoms with Crippen molar-refractivity contribution >= 4 is 37.5 Å². The number of rotatable bonds is 9. The highest BCUT2D eigenvalue weighted by atomic mass is 35.5. The highest BCUT2D eigenvalue weighted by Gasteiger charge is 2.59. The largest absolute Gasteiger partial charge is 0.496 e. The Balaban J connectivity index is 2.56. The maximum atomic E-state index is 14.4. The van der Waals surface area contributed by atoms with E-state index >= 15 is 0 Å². The van der Waals surface area contributed by atoms with Gasteiger partial charge in [-0.1, -0.05) is 36.7 Å². The molecule has 0 aliphatic carbocycles. The number of carbonyl (C=O) groups excluding carboxylic acids is 1. The smallest absolute Gasteiger partial charge is 0.420 e. The number of carbonyl (C=O) groups is 1. The molecule has 1 aromatic rings. The fraction of sp³-hybridized carbons (Fsp3) is 0.522. The van der Waals surface area contributed by atoms with E-state index in [9.17, 15) is 18.0 Å². The number of hydrogen-bond acceptors (Lipinski definition) is 5. The van der Waals surface area contributed by atoms with Gasteiger partial charge >= 0.3 is 6.18 Å². The van der Waals surface area contributed by atoms with Crippen LogP contribution in [0, 0.1) is 0 Å². The van der Waals surface area contributed by atoms with Crippen LogP contribution in [0.1, 0.15) is 44.0 Å². The molecule has 184 valence electrons. The zero-order valence-electron chi connectivity index (χ0n) is 20.0. The Morgan fingerprint density at radius 1 is 1.27 bits per heavy atom. The van der Waals surface area contributed by atoms with Crippen molar-refractivity contribution in [2.75, 3.05) is 13.7 Å².